The average Bonchev–Trinajstić information content (AvgIpc) is 3.11. The van der Waals surface area contributed by atoms with Crippen LogP contribution in [0, 0.1) is 6.92 Å². The van der Waals surface area contributed by atoms with Crippen molar-refractivity contribution in [3.8, 4) is 0 Å². The van der Waals surface area contributed by atoms with Gasteiger partial charge in [0.05, 0.1) is 11.4 Å². The fraction of sp³-hybridized carbons (Fsp3) is 0.500. The van der Waals surface area contributed by atoms with Crippen LogP contribution in [0.1, 0.15) is 32.1 Å². The molecule has 9 heteroatoms. The van der Waals surface area contributed by atoms with E-state index in [0.717, 1.165) is 5.56 Å². The highest BCUT2D eigenvalue weighted by molar-refractivity contribution is 7.89. The number of carbonyl (C=O) groups excluding carboxylic acids is 1. The van der Waals surface area contributed by atoms with Crippen molar-refractivity contribution in [2.45, 2.75) is 38.0 Å². The van der Waals surface area contributed by atoms with Crippen LogP contribution < -0.4 is 5.32 Å². The molecule has 0 spiro atoms. The molecule has 0 bridgehead atoms. The lowest BCUT2D eigenvalue weighted by Crippen LogP contribution is -2.50. The van der Waals surface area contributed by atoms with Gasteiger partial charge in [0.2, 0.25) is 15.9 Å². The number of aromatic nitrogens is 1. The summed E-state index contributed by atoms with van der Waals surface area (Å²) in [7, 11) is -3.51. The zero-order valence-electron chi connectivity index (χ0n) is 17.3. The van der Waals surface area contributed by atoms with Gasteiger partial charge in [-0.2, -0.15) is 4.31 Å². The van der Waals surface area contributed by atoms with Crippen LogP contribution in [0.5, 0.6) is 0 Å². The van der Waals surface area contributed by atoms with Crippen molar-refractivity contribution >= 4 is 21.7 Å². The molecule has 1 amide bonds. The van der Waals surface area contributed by atoms with Crippen molar-refractivity contribution in [1.82, 2.24) is 14.4 Å². The van der Waals surface area contributed by atoms with E-state index in [9.17, 15) is 13.2 Å². The maximum atomic E-state index is 12.8. The number of piperazine rings is 1. The van der Waals surface area contributed by atoms with E-state index in [2.05, 4.69) is 10.5 Å². The van der Waals surface area contributed by atoms with Gasteiger partial charge in [-0.05, 0) is 19.1 Å². The van der Waals surface area contributed by atoms with Gasteiger partial charge in [0.25, 0.3) is 0 Å². The summed E-state index contributed by atoms with van der Waals surface area (Å²) in [6.45, 7) is 9.79. The van der Waals surface area contributed by atoms with Crippen molar-refractivity contribution < 1.29 is 17.7 Å². The summed E-state index contributed by atoms with van der Waals surface area (Å²) in [6, 6.07) is 8.58. The Hall–Kier alpha value is -2.23. The Labute approximate surface area is 171 Å². The first kappa shape index (κ1) is 21.5. The molecule has 1 aliphatic rings. The highest BCUT2D eigenvalue weighted by Crippen LogP contribution is 2.24. The van der Waals surface area contributed by atoms with E-state index in [1.807, 2.05) is 32.6 Å². The van der Waals surface area contributed by atoms with Crippen LogP contribution in [0.2, 0.25) is 0 Å². The van der Waals surface area contributed by atoms with Crippen LogP contribution >= 0.6 is 0 Å². The van der Waals surface area contributed by atoms with Crippen LogP contribution in [0.15, 0.2) is 39.8 Å². The number of aryl methyl sites for hydroxylation is 1. The molecule has 3 rings (SSSR count). The monoisotopic (exact) mass is 420 g/mol. The van der Waals surface area contributed by atoms with Gasteiger partial charge >= 0.3 is 0 Å². The van der Waals surface area contributed by atoms with Crippen molar-refractivity contribution in [1.29, 1.82) is 0 Å². The van der Waals surface area contributed by atoms with Crippen LogP contribution in [-0.4, -0.2) is 61.4 Å². The van der Waals surface area contributed by atoms with Gasteiger partial charge in [-0.3, -0.25) is 9.69 Å². The second kappa shape index (κ2) is 8.25. The van der Waals surface area contributed by atoms with E-state index in [1.54, 1.807) is 30.3 Å². The Morgan fingerprint density at radius 2 is 1.76 bits per heavy atom. The number of benzene rings is 1. The predicted octanol–water partition coefficient (Wildman–Crippen LogP) is 2.23. The molecular weight excluding hydrogens is 392 g/mol. The predicted molar refractivity (Wildman–Crippen MR) is 110 cm³/mol. The van der Waals surface area contributed by atoms with Crippen LogP contribution in [0.4, 0.5) is 5.82 Å². The lowest BCUT2D eigenvalue weighted by Gasteiger charge is -2.33. The first-order chi connectivity index (χ1) is 13.6. The summed E-state index contributed by atoms with van der Waals surface area (Å²) in [5.41, 5.74) is 0.830. The molecule has 1 aromatic heterocycles. The molecule has 29 heavy (non-hydrogen) atoms. The van der Waals surface area contributed by atoms with E-state index in [0.29, 0.717) is 42.7 Å². The van der Waals surface area contributed by atoms with Gasteiger partial charge in [-0.15, -0.1) is 0 Å². The van der Waals surface area contributed by atoms with E-state index < -0.39 is 10.0 Å². The topological polar surface area (TPSA) is 95.8 Å². The second-order valence-corrected chi connectivity index (χ2v) is 10.3. The van der Waals surface area contributed by atoms with Gasteiger partial charge < -0.3 is 9.84 Å². The first-order valence-electron chi connectivity index (χ1n) is 9.62. The maximum Gasteiger partial charge on any atom is 0.243 e. The van der Waals surface area contributed by atoms with Crippen LogP contribution in [-0.2, 0) is 20.2 Å². The van der Waals surface area contributed by atoms with Gasteiger partial charge in [0.1, 0.15) is 5.76 Å². The highest BCUT2D eigenvalue weighted by atomic mass is 32.2. The zero-order chi connectivity index (χ0) is 21.2. The molecular formula is C20H28N4O4S. The van der Waals surface area contributed by atoms with Gasteiger partial charge in [0.15, 0.2) is 5.82 Å². The molecule has 1 N–H and O–H groups in total. The SMILES string of the molecule is Cc1ccc(S(=O)(=O)N2CCN(CC(=O)Nc3cc(C(C)(C)C)on3)CC2)cc1. The summed E-state index contributed by atoms with van der Waals surface area (Å²) in [5, 5.41) is 6.62. The Kier molecular flexibility index (Phi) is 6.11. The van der Waals surface area contributed by atoms with E-state index >= 15 is 0 Å². The first-order valence-corrected chi connectivity index (χ1v) is 11.1. The molecule has 8 nitrogen and oxygen atoms in total. The normalized spacial score (nSPS) is 16.7. The third kappa shape index (κ3) is 5.23. The number of carbonyl (C=O) groups is 1. The molecule has 0 radical (unpaired) electrons. The number of nitrogens with zero attached hydrogens (tertiary/aromatic N) is 3. The van der Waals surface area contributed by atoms with Crippen molar-refractivity contribution in [2.24, 2.45) is 0 Å². The summed E-state index contributed by atoms with van der Waals surface area (Å²) >= 11 is 0. The lowest BCUT2D eigenvalue weighted by atomic mass is 9.93. The standard InChI is InChI=1S/C20H28N4O4S/c1-15-5-7-16(8-6-15)29(26,27)24-11-9-23(10-12-24)14-19(25)21-18-13-17(28-22-18)20(2,3)4/h5-8,13H,9-12,14H2,1-4H3,(H,21,22,25). The third-order valence-electron chi connectivity index (χ3n) is 4.87. The molecule has 0 atom stereocenters. The number of amides is 1. The van der Waals surface area contributed by atoms with E-state index in [4.69, 9.17) is 4.52 Å². The minimum Gasteiger partial charge on any atom is -0.359 e. The van der Waals surface area contributed by atoms with E-state index in [-0.39, 0.29) is 17.9 Å². The summed E-state index contributed by atoms with van der Waals surface area (Å²) in [5.74, 6) is 0.886. The number of nitrogens with one attached hydrogen (secondary N) is 1. The molecule has 0 saturated carbocycles. The van der Waals surface area contributed by atoms with Gasteiger partial charge in [0, 0.05) is 37.7 Å². The van der Waals surface area contributed by atoms with Crippen LogP contribution in [0.3, 0.4) is 0 Å². The summed E-state index contributed by atoms with van der Waals surface area (Å²) < 4.78 is 32.3. The Morgan fingerprint density at radius 1 is 1.14 bits per heavy atom. The number of hydrogen-bond donors (Lipinski definition) is 1. The molecule has 0 unspecified atom stereocenters. The summed E-state index contributed by atoms with van der Waals surface area (Å²) in [6.07, 6.45) is 0. The molecule has 1 aliphatic heterocycles. The fourth-order valence-electron chi connectivity index (χ4n) is 3.06. The van der Waals surface area contributed by atoms with Gasteiger partial charge in [-0.25, -0.2) is 8.42 Å². The van der Waals surface area contributed by atoms with Crippen molar-refractivity contribution in [3.05, 3.63) is 41.7 Å². The smallest absolute Gasteiger partial charge is 0.243 e. The zero-order valence-corrected chi connectivity index (χ0v) is 18.1. The Balaban J connectivity index is 1.52. The highest BCUT2D eigenvalue weighted by Gasteiger charge is 2.29. The maximum absolute atomic E-state index is 12.8. The Morgan fingerprint density at radius 3 is 2.31 bits per heavy atom. The van der Waals surface area contributed by atoms with Crippen molar-refractivity contribution in [3.63, 3.8) is 0 Å². The molecule has 1 fully saturated rings. The molecule has 1 saturated heterocycles. The number of anilines is 1. The number of sulfonamides is 1. The minimum atomic E-state index is -3.51. The van der Waals surface area contributed by atoms with Gasteiger partial charge in [-0.1, -0.05) is 43.6 Å². The third-order valence-corrected chi connectivity index (χ3v) is 6.79. The lowest BCUT2D eigenvalue weighted by molar-refractivity contribution is -0.117. The number of rotatable bonds is 5. The fourth-order valence-corrected chi connectivity index (χ4v) is 4.48. The second-order valence-electron chi connectivity index (χ2n) is 8.37. The molecule has 0 aliphatic carbocycles. The molecule has 158 valence electrons. The molecule has 1 aromatic carbocycles. The molecule has 2 aromatic rings. The molecule has 2 heterocycles. The van der Waals surface area contributed by atoms with E-state index in [1.165, 1.54) is 4.31 Å². The summed E-state index contributed by atoms with van der Waals surface area (Å²) in [4.78, 5) is 14.5. The minimum absolute atomic E-state index is 0.177. The Bertz CT molecular complexity index is 953. The average molecular weight is 421 g/mol. The number of hydrogen-bond acceptors (Lipinski definition) is 6. The quantitative estimate of drug-likeness (QED) is 0.797. The van der Waals surface area contributed by atoms with Crippen LogP contribution in [0.25, 0.3) is 0 Å². The largest absolute Gasteiger partial charge is 0.359 e. The van der Waals surface area contributed by atoms with Crippen molar-refractivity contribution in [2.75, 3.05) is 38.0 Å².